The predicted octanol–water partition coefficient (Wildman–Crippen LogP) is 6.23. The average Bonchev–Trinajstić information content (AvgIpc) is 3.25. The molecule has 0 saturated heterocycles. The van der Waals surface area contributed by atoms with Gasteiger partial charge >= 0.3 is 5.97 Å². The van der Waals surface area contributed by atoms with Gasteiger partial charge in [0.15, 0.2) is 0 Å². The molecule has 3 aromatic carbocycles. The van der Waals surface area contributed by atoms with Gasteiger partial charge in [0.05, 0.1) is 29.0 Å². The summed E-state index contributed by atoms with van der Waals surface area (Å²) in [7, 11) is -1.05. The Morgan fingerprint density at radius 3 is 2.15 bits per heavy atom. The first-order chi connectivity index (χ1) is 18.6. The minimum atomic E-state index is -3.91. The maximum absolute atomic E-state index is 12.8. The van der Waals surface area contributed by atoms with Crippen molar-refractivity contribution < 1.29 is 31.8 Å². The third kappa shape index (κ3) is 6.13. The summed E-state index contributed by atoms with van der Waals surface area (Å²) in [5.41, 5.74) is 3.41. The summed E-state index contributed by atoms with van der Waals surface area (Å²) in [4.78, 5) is 12.0. The van der Waals surface area contributed by atoms with E-state index in [2.05, 4.69) is 20.7 Å². The van der Waals surface area contributed by atoms with Gasteiger partial charge in [0, 0.05) is 5.56 Å². The number of carbonyl (C=O) groups is 1. The Balaban J connectivity index is 1.45. The number of nitrogens with one attached hydrogen (secondary N) is 1. The number of ether oxygens (including phenoxy) is 3. The number of rotatable bonds is 10. The molecule has 1 atom stereocenters. The fraction of sp³-hybridized carbons (Fsp3) is 0.276. The number of hydrogen-bond donors (Lipinski definition) is 1. The topological polar surface area (TPSA) is 104 Å². The second-order valence-corrected chi connectivity index (χ2v) is 11.9. The molecule has 1 aromatic heterocycles. The highest BCUT2D eigenvalue weighted by Gasteiger charge is 2.29. The molecule has 0 aliphatic carbocycles. The third-order valence-electron chi connectivity index (χ3n) is 6.43. The lowest BCUT2D eigenvalue weighted by molar-refractivity contribution is -0.143. The van der Waals surface area contributed by atoms with Gasteiger partial charge in [-0.1, -0.05) is 38.1 Å². The Morgan fingerprint density at radius 1 is 0.974 bits per heavy atom. The van der Waals surface area contributed by atoms with E-state index in [9.17, 15) is 13.2 Å². The summed E-state index contributed by atoms with van der Waals surface area (Å²) < 4.78 is 51.2. The van der Waals surface area contributed by atoms with Gasteiger partial charge in [-0.2, -0.15) is 4.72 Å². The van der Waals surface area contributed by atoms with Gasteiger partial charge in [-0.15, -0.1) is 0 Å². The lowest BCUT2D eigenvalue weighted by Crippen LogP contribution is -2.44. The van der Waals surface area contributed by atoms with Crippen LogP contribution in [0, 0.1) is 12.8 Å². The van der Waals surface area contributed by atoms with Crippen molar-refractivity contribution in [3.8, 4) is 22.6 Å². The number of esters is 1. The lowest BCUT2D eigenvalue weighted by Gasteiger charge is -2.19. The summed E-state index contributed by atoms with van der Waals surface area (Å²) in [5, 5.41) is 0.909. The summed E-state index contributed by atoms with van der Waals surface area (Å²) in [5.74, 6) is 1.20. The molecule has 39 heavy (non-hydrogen) atoms. The van der Waals surface area contributed by atoms with Crippen molar-refractivity contribution >= 4 is 42.9 Å². The highest BCUT2D eigenvalue weighted by atomic mass is 79.9. The first-order valence-corrected chi connectivity index (χ1v) is 14.5. The number of carbonyl (C=O) groups excluding carboxylic acids is 1. The Kier molecular flexibility index (Phi) is 8.68. The van der Waals surface area contributed by atoms with E-state index in [4.69, 9.17) is 18.6 Å². The average molecular weight is 617 g/mol. The molecule has 4 rings (SSSR count). The predicted molar refractivity (Wildman–Crippen MR) is 152 cm³/mol. The number of fused-ring (bicyclic) bond motifs is 1. The minimum absolute atomic E-state index is 0.0608. The van der Waals surface area contributed by atoms with E-state index in [1.807, 2.05) is 43.3 Å². The fourth-order valence-corrected chi connectivity index (χ4v) is 6.03. The van der Waals surface area contributed by atoms with Crippen molar-refractivity contribution in [2.75, 3.05) is 14.2 Å². The molecule has 0 radical (unpaired) electrons. The zero-order valence-electron chi connectivity index (χ0n) is 22.3. The minimum Gasteiger partial charge on any atom is -0.495 e. The molecular weight excluding hydrogens is 586 g/mol. The first-order valence-electron chi connectivity index (χ1n) is 12.2. The van der Waals surface area contributed by atoms with Crippen LogP contribution in [0.4, 0.5) is 0 Å². The van der Waals surface area contributed by atoms with Crippen molar-refractivity contribution in [3.63, 3.8) is 0 Å². The first kappa shape index (κ1) is 28.7. The SMILES string of the molecule is COC(=O)C(NS(=O)(=O)c1ccc(-c2ccc(OCc3oc4ccc(Br)c(OC)c4c3C)cc2)cc1)C(C)C. The molecule has 1 unspecified atom stereocenters. The van der Waals surface area contributed by atoms with Crippen LogP contribution in [0.5, 0.6) is 11.5 Å². The summed E-state index contributed by atoms with van der Waals surface area (Å²) in [6, 6.07) is 16.7. The highest BCUT2D eigenvalue weighted by molar-refractivity contribution is 9.10. The van der Waals surface area contributed by atoms with Crippen LogP contribution in [-0.4, -0.2) is 34.6 Å². The van der Waals surface area contributed by atoms with Gasteiger partial charge in [-0.25, -0.2) is 8.42 Å². The van der Waals surface area contributed by atoms with Crippen LogP contribution in [0.25, 0.3) is 22.1 Å². The van der Waals surface area contributed by atoms with Crippen LogP contribution in [0.1, 0.15) is 25.2 Å². The molecule has 10 heteroatoms. The standard InChI is InChI=1S/C29H30BrNO7S/c1-17(2)27(29(32)36-5)31-39(33,34)22-12-8-20(9-13-22)19-6-10-21(11-7-19)37-16-25-18(3)26-24(38-25)15-14-23(30)28(26)35-4/h6-15,17,27,31H,16H2,1-5H3. The molecule has 0 fully saturated rings. The van der Waals surface area contributed by atoms with E-state index in [1.54, 1.807) is 33.1 Å². The zero-order valence-corrected chi connectivity index (χ0v) is 24.7. The van der Waals surface area contributed by atoms with Crippen LogP contribution in [0.15, 0.2) is 74.4 Å². The molecule has 8 nitrogen and oxygen atoms in total. The van der Waals surface area contributed by atoms with Crippen molar-refractivity contribution in [2.24, 2.45) is 5.92 Å². The van der Waals surface area contributed by atoms with E-state index < -0.39 is 22.0 Å². The summed E-state index contributed by atoms with van der Waals surface area (Å²) >= 11 is 3.51. The largest absolute Gasteiger partial charge is 0.495 e. The molecule has 1 heterocycles. The van der Waals surface area contributed by atoms with Crippen molar-refractivity contribution in [1.82, 2.24) is 4.72 Å². The second kappa shape index (κ2) is 11.8. The number of aryl methyl sites for hydroxylation is 1. The van der Waals surface area contributed by atoms with Gasteiger partial charge in [0.1, 0.15) is 35.5 Å². The monoisotopic (exact) mass is 615 g/mol. The molecule has 206 valence electrons. The Bertz CT molecular complexity index is 1580. The Morgan fingerprint density at radius 2 is 1.59 bits per heavy atom. The number of benzene rings is 3. The Labute approximate surface area is 236 Å². The maximum Gasteiger partial charge on any atom is 0.324 e. The second-order valence-electron chi connectivity index (χ2n) is 9.31. The fourth-order valence-electron chi connectivity index (χ4n) is 4.20. The lowest BCUT2D eigenvalue weighted by atomic mass is 10.1. The molecule has 0 bridgehead atoms. The van der Waals surface area contributed by atoms with Crippen LogP contribution >= 0.6 is 15.9 Å². The van der Waals surface area contributed by atoms with Crippen LogP contribution in [0.2, 0.25) is 0 Å². The molecule has 0 aliphatic rings. The smallest absolute Gasteiger partial charge is 0.324 e. The van der Waals surface area contributed by atoms with E-state index in [1.165, 1.54) is 19.2 Å². The Hall–Kier alpha value is -3.34. The normalized spacial score (nSPS) is 12.5. The summed E-state index contributed by atoms with van der Waals surface area (Å²) in [6.45, 7) is 5.72. The molecule has 4 aromatic rings. The van der Waals surface area contributed by atoms with E-state index in [0.29, 0.717) is 11.5 Å². The maximum atomic E-state index is 12.8. The third-order valence-corrected chi connectivity index (χ3v) is 8.51. The molecule has 0 aliphatic heterocycles. The molecule has 0 spiro atoms. The summed E-state index contributed by atoms with van der Waals surface area (Å²) in [6.07, 6.45) is 0. The van der Waals surface area contributed by atoms with Gasteiger partial charge in [0.2, 0.25) is 10.0 Å². The molecule has 1 N–H and O–H groups in total. The molecular formula is C29H30BrNO7S. The van der Waals surface area contributed by atoms with Gasteiger partial charge in [-0.3, -0.25) is 4.79 Å². The van der Waals surface area contributed by atoms with E-state index >= 15 is 0 Å². The number of sulfonamides is 1. The quantitative estimate of drug-likeness (QED) is 0.211. The highest BCUT2D eigenvalue weighted by Crippen LogP contribution is 2.38. The van der Waals surface area contributed by atoms with E-state index in [0.717, 1.165) is 37.9 Å². The van der Waals surface area contributed by atoms with Crippen molar-refractivity contribution in [3.05, 3.63) is 76.5 Å². The van der Waals surface area contributed by atoms with Crippen LogP contribution < -0.4 is 14.2 Å². The van der Waals surface area contributed by atoms with Gasteiger partial charge < -0.3 is 18.6 Å². The van der Waals surface area contributed by atoms with Gasteiger partial charge in [-0.05, 0) is 76.3 Å². The number of halogens is 1. The molecule has 0 saturated carbocycles. The van der Waals surface area contributed by atoms with E-state index in [-0.39, 0.29) is 17.4 Å². The van der Waals surface area contributed by atoms with Crippen molar-refractivity contribution in [2.45, 2.75) is 38.3 Å². The number of methoxy groups -OCH3 is 2. The molecule has 0 amide bonds. The van der Waals surface area contributed by atoms with Crippen LogP contribution in [-0.2, 0) is 26.2 Å². The zero-order chi connectivity index (χ0) is 28.3. The number of furan rings is 1. The van der Waals surface area contributed by atoms with Crippen LogP contribution in [0.3, 0.4) is 0 Å². The van der Waals surface area contributed by atoms with Gasteiger partial charge in [0.25, 0.3) is 0 Å². The number of hydrogen-bond acceptors (Lipinski definition) is 7. The van der Waals surface area contributed by atoms with Crippen molar-refractivity contribution in [1.29, 1.82) is 0 Å².